The normalized spacial score (nSPS) is 12.1. The van der Waals surface area contributed by atoms with E-state index in [1.165, 1.54) is 185 Å². The quantitative estimate of drug-likeness (QED) is 0.0358. The lowest BCUT2D eigenvalue weighted by molar-refractivity contribution is -0.134. The van der Waals surface area contributed by atoms with Crippen LogP contribution < -0.4 is 31.9 Å². The van der Waals surface area contributed by atoms with Gasteiger partial charge in [-0.2, -0.15) is 0 Å². The van der Waals surface area contributed by atoms with Gasteiger partial charge in [0.05, 0.1) is 42.7 Å². The largest absolute Gasteiger partial charge is 0.461 e. The van der Waals surface area contributed by atoms with Crippen molar-refractivity contribution in [2.75, 3.05) is 0 Å². The molecule has 0 spiro atoms. The maximum atomic E-state index is 14.0. The van der Waals surface area contributed by atoms with Crippen molar-refractivity contribution >= 4 is 104 Å². The van der Waals surface area contributed by atoms with Crippen LogP contribution in [0.15, 0.2) is 287 Å². The van der Waals surface area contributed by atoms with Gasteiger partial charge in [0, 0.05) is 25.3 Å². The number of benzene rings is 11. The highest BCUT2D eigenvalue weighted by Gasteiger charge is 2.29. The van der Waals surface area contributed by atoms with E-state index in [1.54, 1.807) is 44.2 Å². The Labute approximate surface area is 755 Å². The summed E-state index contributed by atoms with van der Waals surface area (Å²) in [6.45, 7) is 13.2. The maximum absolute atomic E-state index is 14.0. The molecule has 29 heteroatoms. The molecule has 1 aliphatic rings. The minimum atomic E-state index is -1.10. The topological polar surface area (TPSA) is 252 Å². The van der Waals surface area contributed by atoms with Gasteiger partial charge in [0.25, 0.3) is 0 Å². The number of aliphatic hydroxyl groups is 2. The Morgan fingerprint density at radius 3 is 1.11 bits per heavy atom. The first-order valence-corrected chi connectivity index (χ1v) is 42.2. The second kappa shape index (κ2) is 43.5. The molecule has 16 nitrogen and oxygen atoms in total. The molecule has 0 bridgehead atoms. The van der Waals surface area contributed by atoms with Gasteiger partial charge in [-0.3, -0.25) is 38.4 Å². The molecule has 11 aromatic carbocycles. The van der Waals surface area contributed by atoms with Crippen LogP contribution in [0, 0.1) is 64.0 Å². The number of carbonyl (C=O) groups excluding carboxylic acids is 3. The van der Waals surface area contributed by atoms with Crippen molar-refractivity contribution in [1.29, 1.82) is 0 Å². The van der Waals surface area contributed by atoms with Crippen LogP contribution in [0.4, 0.5) is 48.3 Å². The van der Waals surface area contributed by atoms with Gasteiger partial charge in [0.2, 0.25) is 27.5 Å². The fourth-order valence-corrected chi connectivity index (χ4v) is 15.0. The highest BCUT2D eigenvalue weighted by Crippen LogP contribution is 2.38. The van der Waals surface area contributed by atoms with Gasteiger partial charge < -0.3 is 37.0 Å². The van der Waals surface area contributed by atoms with Crippen LogP contribution in [-0.2, 0) is 24.1 Å². The first kappa shape index (κ1) is 97.7. The molecule has 672 valence electrons. The zero-order chi connectivity index (χ0) is 95.1. The molecule has 5 aromatic heterocycles. The van der Waals surface area contributed by atoms with Crippen LogP contribution in [0.25, 0.3) is 99.4 Å². The van der Waals surface area contributed by atoms with Crippen LogP contribution in [0.1, 0.15) is 140 Å². The third-order valence-electron chi connectivity index (χ3n) is 20.1. The Hall–Kier alpha value is -13.9. The molecule has 131 heavy (non-hydrogen) atoms. The molecule has 2 unspecified atom stereocenters. The average Bonchev–Trinajstić information content (AvgIpc) is 0.762. The summed E-state index contributed by atoms with van der Waals surface area (Å²) in [6.07, 6.45) is 0.527. The SMILES string of the molecule is CC(Br)c1oc2cccc(F)c2c(=O)c1-c1cccc(F)c1.CC(O)c1oc2cccc(F)c2c(=O)c1-c1cccc(F)c1.CCC(=O)Oc1cccc(F)c1C(C)=O.CCC1=C(Br)C(=O)c2c(F)cccc2C1.CCc1cc(=O)c2c(F)cccc2o1.CCc1oc2cccc(F)c2c(=O)c1-c1cccc(F)c1.C[C@H](O)c1oc2cccc(F)c2c(=O)c1-c1cccc(F)c1. The Bertz CT molecular complexity index is 7060. The van der Waals surface area contributed by atoms with Crippen molar-refractivity contribution in [1.82, 2.24) is 0 Å². The molecule has 5 heterocycles. The summed E-state index contributed by atoms with van der Waals surface area (Å²) < 4.78 is 183. The highest BCUT2D eigenvalue weighted by atomic mass is 79.9. The maximum Gasteiger partial charge on any atom is 0.310 e. The lowest BCUT2D eigenvalue weighted by Crippen LogP contribution is -2.15. The highest BCUT2D eigenvalue weighted by molar-refractivity contribution is 9.12. The summed E-state index contributed by atoms with van der Waals surface area (Å²) in [4.78, 5) is 95.9. The van der Waals surface area contributed by atoms with Crippen molar-refractivity contribution in [2.45, 2.75) is 105 Å². The first-order chi connectivity index (χ1) is 62.5. The average molecular weight is 1930 g/mol. The predicted octanol–water partition coefficient (Wildman–Crippen LogP) is 25.5. The van der Waals surface area contributed by atoms with Crippen molar-refractivity contribution < 1.29 is 99.7 Å². The molecule has 0 amide bonds. The summed E-state index contributed by atoms with van der Waals surface area (Å²) in [5, 5.41) is 19.1. The fraction of sp³-hybridized carbons (Fsp3) is 0.157. The molecular weight excluding hydrogens is 1850 g/mol. The second-order valence-electron chi connectivity index (χ2n) is 29.1. The molecule has 0 saturated carbocycles. The van der Waals surface area contributed by atoms with Crippen molar-refractivity contribution in [3.63, 3.8) is 0 Å². The Morgan fingerprint density at radius 1 is 0.389 bits per heavy atom. The van der Waals surface area contributed by atoms with Crippen molar-refractivity contribution in [2.24, 2.45) is 0 Å². The van der Waals surface area contributed by atoms with E-state index in [0.717, 1.165) is 47.9 Å². The van der Waals surface area contributed by atoms with Gasteiger partial charge in [0.15, 0.2) is 11.2 Å². The first-order valence-electron chi connectivity index (χ1n) is 40.5. The molecule has 17 rings (SSSR count). The summed E-state index contributed by atoms with van der Waals surface area (Å²) in [6, 6.07) is 52.8. The summed E-state index contributed by atoms with van der Waals surface area (Å²) in [7, 11) is 0. The summed E-state index contributed by atoms with van der Waals surface area (Å²) in [5.41, 5.74) is 1.61. The van der Waals surface area contributed by atoms with Crippen LogP contribution >= 0.6 is 31.9 Å². The monoisotopic (exact) mass is 1920 g/mol. The molecule has 0 fully saturated rings. The van der Waals surface area contributed by atoms with Crippen LogP contribution in [0.5, 0.6) is 5.75 Å². The third-order valence-corrected chi connectivity index (χ3v) is 21.5. The van der Waals surface area contributed by atoms with Gasteiger partial charge in [-0.25, -0.2) is 48.3 Å². The number of Topliss-reactive ketones (excluding diaryl/α,β-unsaturated/α-hetero) is 2. The molecule has 16 aromatic rings. The second-order valence-corrected chi connectivity index (χ2v) is 31.3. The summed E-state index contributed by atoms with van der Waals surface area (Å²) >= 11 is 6.62. The van der Waals surface area contributed by atoms with E-state index >= 15 is 0 Å². The van der Waals surface area contributed by atoms with E-state index in [0.29, 0.717) is 57.7 Å². The Balaban J connectivity index is 0.000000149. The van der Waals surface area contributed by atoms with E-state index in [-0.39, 0.29) is 134 Å². The zero-order valence-corrected chi connectivity index (χ0v) is 73.9. The number of hydrogen-bond donors (Lipinski definition) is 2. The molecule has 3 atom stereocenters. The Kier molecular flexibility index (Phi) is 32.4. The van der Waals surface area contributed by atoms with E-state index in [2.05, 4.69) is 31.9 Å². The number of fused-ring (bicyclic) bond motifs is 6. The number of hydrogen-bond acceptors (Lipinski definition) is 16. The lowest BCUT2D eigenvalue weighted by atomic mass is 9.89. The van der Waals surface area contributed by atoms with Crippen molar-refractivity contribution in [3.05, 3.63) is 401 Å². The van der Waals surface area contributed by atoms with Crippen LogP contribution in [-0.4, -0.2) is 27.7 Å². The number of allylic oxidation sites excluding steroid dienone is 2. The van der Waals surface area contributed by atoms with Gasteiger partial charge in [-0.15, -0.1) is 0 Å². The smallest absolute Gasteiger partial charge is 0.310 e. The van der Waals surface area contributed by atoms with Gasteiger partial charge >= 0.3 is 5.97 Å². The number of alkyl halides is 1. The number of aryl methyl sites for hydroxylation is 2. The molecule has 0 radical (unpaired) electrons. The molecule has 0 aliphatic heterocycles. The number of rotatable bonds is 13. The van der Waals surface area contributed by atoms with Gasteiger partial charge in [-0.1, -0.05) is 141 Å². The molecule has 1 aliphatic carbocycles. The zero-order valence-electron chi connectivity index (χ0n) is 70.7. The van der Waals surface area contributed by atoms with E-state index in [4.69, 9.17) is 26.8 Å². The minimum absolute atomic E-state index is 0.0191. The number of ether oxygens (including phenoxy) is 1. The predicted molar refractivity (Wildman–Crippen MR) is 484 cm³/mol. The van der Waals surface area contributed by atoms with Gasteiger partial charge in [0.1, 0.15) is 166 Å². The molecular formula is C102H77Br2F11O16. The van der Waals surface area contributed by atoms with E-state index < -0.39 is 110 Å². The van der Waals surface area contributed by atoms with Crippen LogP contribution in [0.2, 0.25) is 0 Å². The Morgan fingerprint density at radius 2 is 0.733 bits per heavy atom. The molecule has 0 saturated heterocycles. The summed E-state index contributed by atoms with van der Waals surface area (Å²) in [5.74, 6) is -6.29. The van der Waals surface area contributed by atoms with E-state index in [1.807, 2.05) is 26.8 Å². The molecule has 2 N–H and O–H groups in total. The standard InChI is InChI=1S/C17H11BrF2O2.2C17H12F2O3.C17H12F2O2.C12H10BrFO.C11H11FO3.C11H9FO2/c1-9(18)17-14(10-4-2-5-11(19)8-10)16(21)15-12(20)6-3-7-13(15)22-17;2*1-9(20)17-14(10-4-2-5-11(18)8-10)16(21)15-12(19)6-3-7-13(15)22-17;1-2-13-15(10-5-3-6-11(18)9-10)17(20)16-12(19)7-4-8-14(16)21-13;1-2-7-6-8-4-3-5-9(14)10(8)12(15)11(7)13;1-3-10(14)15-9-6-4-5-8(12)11(9)7(2)13;1-2-7-6-9(13)11-8(12)4-3-5-10(11)14-7/h2-9H,1H3;2*2-9,20H,1H3;3-9H,2H2,1H3;3-5H,2,6H2,1H3;4-6H,3H2,1-2H3;3-6H,2H2,1H3/t;9-;;;;;/m.0...../s1. The number of esters is 1. The number of aliphatic hydroxyl groups excluding tert-OH is 2. The van der Waals surface area contributed by atoms with Crippen molar-refractivity contribution in [3.8, 4) is 50.3 Å². The number of carbonyl (C=O) groups is 3. The van der Waals surface area contributed by atoms with Crippen LogP contribution in [0.3, 0.4) is 0 Å². The minimum Gasteiger partial charge on any atom is -0.461 e. The van der Waals surface area contributed by atoms with Gasteiger partial charge in [-0.05, 0) is 217 Å². The third kappa shape index (κ3) is 22.4. The van der Waals surface area contributed by atoms with E-state index in [9.17, 15) is 96.9 Å². The lowest BCUT2D eigenvalue weighted by Gasteiger charge is -2.18. The number of halogens is 13. The number of ketones is 2. The fourth-order valence-electron chi connectivity index (χ4n) is 14.0.